The van der Waals surface area contributed by atoms with E-state index in [1.54, 1.807) is 0 Å². The van der Waals surface area contributed by atoms with Crippen LogP contribution in [0.25, 0.3) is 28.1 Å². The fraction of sp³-hybridized carbons (Fsp3) is 0.286. The van der Waals surface area contributed by atoms with Gasteiger partial charge >= 0.3 is 0 Å². The van der Waals surface area contributed by atoms with Gasteiger partial charge in [0.25, 0.3) is 5.82 Å². The molecule has 3 aromatic carbocycles. The third-order valence-electron chi connectivity index (χ3n) is 6.18. The average Bonchev–Trinajstić information content (AvgIpc) is 3.05. The van der Waals surface area contributed by atoms with Gasteiger partial charge in [-0.05, 0) is 54.7 Å². The van der Waals surface area contributed by atoms with Gasteiger partial charge < -0.3 is 0 Å². The first-order valence-electron chi connectivity index (χ1n) is 11.0. The van der Waals surface area contributed by atoms with E-state index in [1.165, 1.54) is 27.8 Å². The molecular formula is C28H30N3+. The van der Waals surface area contributed by atoms with Gasteiger partial charge in [0.2, 0.25) is 0 Å². The summed E-state index contributed by atoms with van der Waals surface area (Å²) >= 11 is 0. The summed E-state index contributed by atoms with van der Waals surface area (Å²) in [5.41, 5.74) is 9.30. The van der Waals surface area contributed by atoms with Crippen molar-refractivity contribution in [2.45, 2.75) is 46.5 Å². The van der Waals surface area contributed by atoms with Gasteiger partial charge in [-0.2, -0.15) is 9.83 Å². The van der Waals surface area contributed by atoms with Crippen molar-refractivity contribution in [1.82, 2.24) is 4.57 Å². The summed E-state index contributed by atoms with van der Waals surface area (Å²) in [5.74, 6) is 1.93. The highest BCUT2D eigenvalue weighted by molar-refractivity contribution is 5.81. The molecule has 4 rings (SSSR count). The van der Waals surface area contributed by atoms with E-state index in [4.69, 9.17) is 0 Å². The highest BCUT2D eigenvalue weighted by Gasteiger charge is 2.31. The Bertz CT molecular complexity index is 1290. The molecule has 0 bridgehead atoms. The molecule has 0 N–H and O–H groups in total. The number of aryl methyl sites for hydroxylation is 2. The molecule has 0 fully saturated rings. The van der Waals surface area contributed by atoms with Crippen LogP contribution in [0.15, 0.2) is 60.7 Å². The van der Waals surface area contributed by atoms with E-state index in [9.17, 15) is 5.26 Å². The first-order valence-corrected chi connectivity index (χ1v) is 11.0. The van der Waals surface area contributed by atoms with E-state index in [0.717, 1.165) is 17.0 Å². The number of rotatable bonds is 4. The van der Waals surface area contributed by atoms with Crippen molar-refractivity contribution < 1.29 is 4.57 Å². The molecule has 0 aliphatic rings. The number of benzene rings is 3. The van der Waals surface area contributed by atoms with Crippen LogP contribution >= 0.6 is 0 Å². The minimum Gasteiger partial charge on any atom is -0.225 e. The maximum atomic E-state index is 9.36. The molecule has 3 heteroatoms. The maximum absolute atomic E-state index is 9.36. The van der Waals surface area contributed by atoms with Gasteiger partial charge in [0, 0.05) is 11.1 Å². The van der Waals surface area contributed by atoms with Crippen LogP contribution in [0, 0.1) is 18.3 Å². The molecule has 1 aromatic heterocycles. The van der Waals surface area contributed by atoms with E-state index in [0.29, 0.717) is 17.4 Å². The summed E-state index contributed by atoms with van der Waals surface area (Å²) in [4.78, 5) is 0. The molecule has 0 atom stereocenters. The first kappa shape index (κ1) is 20.9. The highest BCUT2D eigenvalue weighted by atomic mass is 15.2. The Balaban J connectivity index is 2.20. The third-order valence-corrected chi connectivity index (χ3v) is 6.18. The lowest BCUT2D eigenvalue weighted by atomic mass is 9.92. The summed E-state index contributed by atoms with van der Waals surface area (Å²) in [5, 5.41) is 9.36. The van der Waals surface area contributed by atoms with Crippen LogP contribution in [0.4, 0.5) is 0 Å². The second-order valence-corrected chi connectivity index (χ2v) is 8.94. The Morgan fingerprint density at radius 1 is 0.871 bits per heavy atom. The Kier molecular flexibility index (Phi) is 5.41. The topological polar surface area (TPSA) is 32.6 Å². The van der Waals surface area contributed by atoms with Crippen LogP contribution < -0.4 is 4.57 Å². The molecule has 0 aliphatic heterocycles. The molecule has 0 amide bonds. The van der Waals surface area contributed by atoms with Crippen molar-refractivity contribution in [1.29, 1.82) is 5.26 Å². The number of imidazole rings is 1. The molecule has 4 aromatic rings. The number of hydrogen-bond donors (Lipinski definition) is 0. The summed E-state index contributed by atoms with van der Waals surface area (Å²) in [6.07, 6.45) is 0. The lowest BCUT2D eigenvalue weighted by molar-refractivity contribution is -0.633. The number of aromatic nitrogens is 2. The van der Waals surface area contributed by atoms with E-state index >= 15 is 0 Å². The quantitative estimate of drug-likeness (QED) is 0.352. The van der Waals surface area contributed by atoms with Gasteiger partial charge in [-0.15, -0.1) is 0 Å². The van der Waals surface area contributed by atoms with Crippen molar-refractivity contribution in [3.05, 3.63) is 82.9 Å². The van der Waals surface area contributed by atoms with E-state index < -0.39 is 0 Å². The largest absolute Gasteiger partial charge is 0.295 e. The molecular weight excluding hydrogens is 378 g/mol. The third kappa shape index (κ3) is 3.43. The van der Waals surface area contributed by atoms with Crippen LogP contribution in [-0.4, -0.2) is 4.57 Å². The predicted octanol–water partition coefficient (Wildman–Crippen LogP) is 6.55. The molecule has 156 valence electrons. The molecule has 0 unspecified atom stereocenters. The smallest absolute Gasteiger partial charge is 0.225 e. The Labute approximate surface area is 185 Å². The number of para-hydroxylation sites is 3. The van der Waals surface area contributed by atoms with Crippen molar-refractivity contribution in [2.75, 3.05) is 0 Å². The molecule has 0 spiro atoms. The molecule has 31 heavy (non-hydrogen) atoms. The minimum atomic E-state index is 0.398. The second-order valence-electron chi connectivity index (χ2n) is 8.94. The summed E-state index contributed by atoms with van der Waals surface area (Å²) in [7, 11) is 2.14. The molecule has 0 radical (unpaired) electrons. The Morgan fingerprint density at radius 3 is 2.10 bits per heavy atom. The van der Waals surface area contributed by atoms with Crippen LogP contribution in [0.3, 0.4) is 0 Å². The zero-order valence-corrected chi connectivity index (χ0v) is 19.3. The molecule has 1 heterocycles. The Morgan fingerprint density at radius 2 is 1.52 bits per heavy atom. The standard InChI is InChI=1S/C28H30N3/c1-18(2)22-10-9-11-23(19(3)4)27(22)31-26-13-8-7-12-25(26)30(6)28(31)24-15-14-21(17-29)16-20(24)5/h7-16,18-19H,1-6H3/q+1. The van der Waals surface area contributed by atoms with Crippen LogP contribution in [0.1, 0.15) is 61.8 Å². The van der Waals surface area contributed by atoms with Gasteiger partial charge in [0.05, 0.1) is 24.2 Å². The highest BCUT2D eigenvalue weighted by Crippen LogP contribution is 2.37. The number of hydrogen-bond acceptors (Lipinski definition) is 1. The van der Waals surface area contributed by atoms with Gasteiger partial charge in [-0.3, -0.25) is 0 Å². The van der Waals surface area contributed by atoms with E-state index in [-0.39, 0.29) is 0 Å². The summed E-state index contributed by atoms with van der Waals surface area (Å²) in [6.45, 7) is 11.2. The van der Waals surface area contributed by atoms with Crippen molar-refractivity contribution in [3.63, 3.8) is 0 Å². The lowest BCUT2D eigenvalue weighted by Gasteiger charge is -2.18. The number of fused-ring (bicyclic) bond motifs is 1. The summed E-state index contributed by atoms with van der Waals surface area (Å²) in [6, 6.07) is 23.6. The fourth-order valence-corrected chi connectivity index (χ4v) is 4.60. The van der Waals surface area contributed by atoms with Crippen molar-refractivity contribution in [3.8, 4) is 23.1 Å². The van der Waals surface area contributed by atoms with Crippen LogP contribution in [0.5, 0.6) is 0 Å². The van der Waals surface area contributed by atoms with Crippen molar-refractivity contribution >= 4 is 11.0 Å². The van der Waals surface area contributed by atoms with Gasteiger partial charge in [0.15, 0.2) is 11.0 Å². The summed E-state index contributed by atoms with van der Waals surface area (Å²) < 4.78 is 4.72. The van der Waals surface area contributed by atoms with Crippen molar-refractivity contribution in [2.24, 2.45) is 7.05 Å². The maximum Gasteiger partial charge on any atom is 0.295 e. The SMILES string of the molecule is Cc1cc(C#N)ccc1-c1n(-c2c(C(C)C)cccc2C(C)C)c2ccccc2[n+]1C. The molecule has 3 nitrogen and oxygen atoms in total. The normalized spacial score (nSPS) is 11.5. The number of nitriles is 1. The zero-order chi connectivity index (χ0) is 22.3. The van der Waals surface area contributed by atoms with E-state index in [2.05, 4.69) is 105 Å². The monoisotopic (exact) mass is 408 g/mol. The molecule has 0 aliphatic carbocycles. The number of nitrogens with zero attached hydrogens (tertiary/aromatic N) is 3. The fourth-order valence-electron chi connectivity index (χ4n) is 4.60. The van der Waals surface area contributed by atoms with Gasteiger partial charge in [0.1, 0.15) is 5.69 Å². The van der Waals surface area contributed by atoms with Crippen LogP contribution in [-0.2, 0) is 7.05 Å². The van der Waals surface area contributed by atoms with Gasteiger partial charge in [-0.25, -0.2) is 4.57 Å². The minimum absolute atomic E-state index is 0.398. The lowest BCUT2D eigenvalue weighted by Crippen LogP contribution is -2.30. The molecule has 0 saturated heterocycles. The second kappa shape index (κ2) is 8.04. The molecule has 0 saturated carbocycles. The average molecular weight is 409 g/mol. The Hall–Kier alpha value is -3.38. The zero-order valence-electron chi connectivity index (χ0n) is 19.3. The van der Waals surface area contributed by atoms with Crippen LogP contribution in [0.2, 0.25) is 0 Å². The first-order chi connectivity index (χ1) is 14.8. The predicted molar refractivity (Wildman–Crippen MR) is 128 cm³/mol. The van der Waals surface area contributed by atoms with E-state index in [1.807, 2.05) is 12.1 Å². The van der Waals surface area contributed by atoms with Gasteiger partial charge in [-0.1, -0.05) is 58.0 Å².